The van der Waals surface area contributed by atoms with E-state index in [-0.39, 0.29) is 36.1 Å². The van der Waals surface area contributed by atoms with Crippen molar-refractivity contribution >= 4 is 51.4 Å². The van der Waals surface area contributed by atoms with Gasteiger partial charge in [-0.15, -0.1) is 35.3 Å². The number of hydrogen-bond acceptors (Lipinski definition) is 3. The number of nitrogens with one attached hydrogen (secondary N) is 1. The highest BCUT2D eigenvalue weighted by Crippen LogP contribution is 2.29. The maximum Gasteiger partial charge on any atom is 0.189 e. The normalized spacial score (nSPS) is 13.8. The van der Waals surface area contributed by atoms with Crippen molar-refractivity contribution < 1.29 is 5.11 Å². The third-order valence-corrected chi connectivity index (χ3v) is 3.93. The molecule has 0 fully saturated rings. The number of aliphatic hydroxyl groups excluding tert-OH is 1. The molecule has 4 N–H and O–H groups in total. The predicted molar refractivity (Wildman–Crippen MR) is 102 cm³/mol. The van der Waals surface area contributed by atoms with Crippen LogP contribution in [0.5, 0.6) is 0 Å². The summed E-state index contributed by atoms with van der Waals surface area (Å²) in [5.74, 6) is 0.359. The number of thiophene rings is 1. The summed E-state index contributed by atoms with van der Waals surface area (Å²) in [4.78, 5) is 5.11. The fourth-order valence-corrected chi connectivity index (χ4v) is 2.91. The van der Waals surface area contributed by atoms with Gasteiger partial charge in [0.25, 0.3) is 0 Å². The Morgan fingerprint density at radius 3 is 2.67 bits per heavy atom. The molecule has 0 spiro atoms. The van der Waals surface area contributed by atoms with Gasteiger partial charge in [0.05, 0.1) is 6.54 Å². The van der Waals surface area contributed by atoms with Crippen LogP contribution in [0.3, 0.4) is 0 Å². The molecule has 0 saturated heterocycles. The number of aliphatic hydroxyl groups is 1. The molecule has 116 valence electrons. The van der Waals surface area contributed by atoms with Gasteiger partial charge in [0, 0.05) is 15.1 Å². The van der Waals surface area contributed by atoms with Crippen LogP contribution in [0.1, 0.15) is 31.8 Å². The fraction of sp³-hybridized carbons (Fsp3) is 0.400. The van der Waals surface area contributed by atoms with Crippen LogP contribution in [0.15, 0.2) is 35.3 Å². The van der Waals surface area contributed by atoms with E-state index in [0.29, 0.717) is 5.96 Å². The van der Waals surface area contributed by atoms with Gasteiger partial charge in [0.1, 0.15) is 6.10 Å². The summed E-state index contributed by atoms with van der Waals surface area (Å²) in [7, 11) is 0. The zero-order chi connectivity index (χ0) is 14.8. The second-order valence-corrected chi connectivity index (χ2v) is 6.92. The molecule has 2 aromatic rings. The summed E-state index contributed by atoms with van der Waals surface area (Å²) >= 11 is 1.59. The van der Waals surface area contributed by atoms with Crippen LogP contribution < -0.4 is 11.1 Å². The Morgan fingerprint density at radius 2 is 2.05 bits per heavy atom. The number of nitrogens with zero attached hydrogens (tertiary/aromatic N) is 1. The Hall–Kier alpha value is -0.860. The quantitative estimate of drug-likeness (QED) is 0.407. The first-order valence-electron chi connectivity index (χ1n) is 6.60. The molecule has 0 aliphatic heterocycles. The van der Waals surface area contributed by atoms with Gasteiger partial charge >= 0.3 is 0 Å². The molecule has 0 radical (unpaired) electrons. The van der Waals surface area contributed by atoms with Crippen molar-refractivity contribution in [2.75, 3.05) is 6.54 Å². The Bertz CT molecular complexity index is 586. The lowest BCUT2D eigenvalue weighted by Gasteiger charge is -2.21. The summed E-state index contributed by atoms with van der Waals surface area (Å²) < 4.78 is 1.17. The number of benzene rings is 1. The molecule has 4 nitrogen and oxygen atoms in total. The summed E-state index contributed by atoms with van der Waals surface area (Å²) in [6.45, 7) is 6.30. The van der Waals surface area contributed by atoms with Crippen LogP contribution in [0.2, 0.25) is 0 Å². The lowest BCUT2D eigenvalue weighted by atomic mass is 10.1. The Morgan fingerprint density at radius 1 is 1.38 bits per heavy atom. The molecule has 1 heterocycles. The van der Waals surface area contributed by atoms with Gasteiger partial charge in [0.15, 0.2) is 5.96 Å². The third-order valence-electron chi connectivity index (χ3n) is 2.71. The summed E-state index contributed by atoms with van der Waals surface area (Å²) in [5, 5.41) is 14.4. The average molecular weight is 419 g/mol. The van der Waals surface area contributed by atoms with Gasteiger partial charge in [-0.1, -0.05) is 18.2 Å². The van der Waals surface area contributed by atoms with Crippen molar-refractivity contribution in [1.82, 2.24) is 5.32 Å². The number of aliphatic imine (C=N–C) groups is 1. The van der Waals surface area contributed by atoms with E-state index in [1.54, 1.807) is 11.3 Å². The van der Waals surface area contributed by atoms with Gasteiger partial charge in [-0.2, -0.15) is 0 Å². The predicted octanol–water partition coefficient (Wildman–Crippen LogP) is 3.26. The molecule has 1 aromatic heterocycles. The number of guanidine groups is 1. The van der Waals surface area contributed by atoms with E-state index in [1.807, 2.05) is 45.0 Å². The van der Waals surface area contributed by atoms with Gasteiger partial charge < -0.3 is 16.2 Å². The van der Waals surface area contributed by atoms with Crippen LogP contribution >= 0.6 is 35.3 Å². The van der Waals surface area contributed by atoms with E-state index in [1.165, 1.54) is 4.70 Å². The van der Waals surface area contributed by atoms with Crippen molar-refractivity contribution in [3.63, 3.8) is 0 Å². The molecular formula is C15H22IN3OS. The SMILES string of the molecule is CC(C)(C)NC(N)=NCC(O)c1cc2ccccc2s1.I. The lowest BCUT2D eigenvalue weighted by Crippen LogP contribution is -2.45. The van der Waals surface area contributed by atoms with Crippen molar-refractivity contribution in [2.45, 2.75) is 32.4 Å². The minimum Gasteiger partial charge on any atom is -0.386 e. The summed E-state index contributed by atoms with van der Waals surface area (Å²) in [6, 6.07) is 10.1. The minimum atomic E-state index is -0.618. The average Bonchev–Trinajstić information content (AvgIpc) is 2.77. The minimum absolute atomic E-state index is 0. The van der Waals surface area contributed by atoms with Crippen LogP contribution in [-0.4, -0.2) is 23.1 Å². The molecular weight excluding hydrogens is 397 g/mol. The number of hydrogen-bond donors (Lipinski definition) is 3. The van der Waals surface area contributed by atoms with E-state index in [2.05, 4.69) is 16.4 Å². The monoisotopic (exact) mass is 419 g/mol. The topological polar surface area (TPSA) is 70.6 Å². The molecule has 1 atom stereocenters. The van der Waals surface area contributed by atoms with Gasteiger partial charge in [-0.25, -0.2) is 0 Å². The van der Waals surface area contributed by atoms with E-state index in [9.17, 15) is 5.11 Å². The Kier molecular flexibility index (Phi) is 6.42. The number of nitrogens with two attached hydrogens (primary N) is 1. The molecule has 0 saturated carbocycles. The van der Waals surface area contributed by atoms with Crippen molar-refractivity contribution in [3.8, 4) is 0 Å². The zero-order valence-electron chi connectivity index (χ0n) is 12.5. The van der Waals surface area contributed by atoms with Crippen LogP contribution in [0, 0.1) is 0 Å². The summed E-state index contributed by atoms with van der Waals surface area (Å²) in [6.07, 6.45) is -0.618. The maximum atomic E-state index is 10.2. The molecule has 21 heavy (non-hydrogen) atoms. The number of halogens is 1. The molecule has 1 unspecified atom stereocenters. The second kappa shape index (κ2) is 7.42. The Balaban J connectivity index is 0.00000220. The van der Waals surface area contributed by atoms with Gasteiger partial charge in [-0.05, 0) is 38.3 Å². The van der Waals surface area contributed by atoms with Crippen LogP contribution in [0.4, 0.5) is 0 Å². The van der Waals surface area contributed by atoms with Crippen molar-refractivity contribution in [3.05, 3.63) is 35.2 Å². The number of rotatable bonds is 3. The van der Waals surface area contributed by atoms with Gasteiger partial charge in [-0.3, -0.25) is 4.99 Å². The standard InChI is InChI=1S/C15H21N3OS.HI/c1-15(2,3)18-14(16)17-9-11(19)13-8-10-6-4-5-7-12(10)20-13;/h4-8,11,19H,9H2,1-3H3,(H3,16,17,18);1H. The molecule has 0 bridgehead atoms. The van der Waals surface area contributed by atoms with E-state index in [4.69, 9.17) is 5.73 Å². The van der Waals surface area contributed by atoms with E-state index < -0.39 is 6.10 Å². The maximum absolute atomic E-state index is 10.2. The first kappa shape index (κ1) is 18.2. The Labute approximate surface area is 146 Å². The first-order valence-corrected chi connectivity index (χ1v) is 7.41. The summed E-state index contributed by atoms with van der Waals surface area (Å²) in [5.41, 5.74) is 5.66. The molecule has 0 aliphatic rings. The van der Waals surface area contributed by atoms with Gasteiger partial charge in [0.2, 0.25) is 0 Å². The molecule has 1 aromatic carbocycles. The van der Waals surface area contributed by atoms with E-state index >= 15 is 0 Å². The highest BCUT2D eigenvalue weighted by molar-refractivity contribution is 14.0. The highest BCUT2D eigenvalue weighted by Gasteiger charge is 2.13. The molecule has 0 amide bonds. The fourth-order valence-electron chi connectivity index (χ4n) is 1.87. The molecule has 2 rings (SSSR count). The zero-order valence-corrected chi connectivity index (χ0v) is 15.6. The molecule has 0 aliphatic carbocycles. The number of fused-ring (bicyclic) bond motifs is 1. The smallest absolute Gasteiger partial charge is 0.189 e. The third kappa shape index (κ3) is 5.44. The highest BCUT2D eigenvalue weighted by atomic mass is 127. The van der Waals surface area contributed by atoms with Crippen LogP contribution in [-0.2, 0) is 0 Å². The lowest BCUT2D eigenvalue weighted by molar-refractivity contribution is 0.191. The van der Waals surface area contributed by atoms with Crippen molar-refractivity contribution in [1.29, 1.82) is 0 Å². The van der Waals surface area contributed by atoms with Crippen molar-refractivity contribution in [2.24, 2.45) is 10.7 Å². The largest absolute Gasteiger partial charge is 0.386 e. The van der Waals surface area contributed by atoms with E-state index in [0.717, 1.165) is 10.3 Å². The molecule has 6 heteroatoms. The van der Waals surface area contributed by atoms with Crippen LogP contribution in [0.25, 0.3) is 10.1 Å². The second-order valence-electron chi connectivity index (χ2n) is 5.80. The first-order chi connectivity index (χ1) is 9.35.